The molecule has 0 spiro atoms. The van der Waals surface area contributed by atoms with Gasteiger partial charge in [0, 0.05) is 12.3 Å². The number of hydrogen-bond donors (Lipinski definition) is 0. The van der Waals surface area contributed by atoms with Crippen LogP contribution in [0.4, 0.5) is 0 Å². The summed E-state index contributed by atoms with van der Waals surface area (Å²) < 4.78 is 16.7. The van der Waals surface area contributed by atoms with Crippen molar-refractivity contribution in [3.8, 4) is 22.8 Å². The standard InChI is InChI=1S/C24H19NO5/c1-3-28-23-19(10-7-13-25-23)24(27)30-17-11-12-18-20(14-17)29-15(2)21(22(18)26)16-8-5-4-6-9-16/h4-14H,3H2,1-2H3. The Labute approximate surface area is 172 Å². The van der Waals surface area contributed by atoms with Crippen LogP contribution in [-0.4, -0.2) is 17.6 Å². The lowest BCUT2D eigenvalue weighted by Gasteiger charge is -2.10. The van der Waals surface area contributed by atoms with Crippen LogP contribution in [0, 0.1) is 6.92 Å². The lowest BCUT2D eigenvalue weighted by atomic mass is 10.0. The number of pyridine rings is 1. The molecule has 0 radical (unpaired) electrons. The highest BCUT2D eigenvalue weighted by atomic mass is 16.5. The number of esters is 1. The van der Waals surface area contributed by atoms with E-state index in [1.807, 2.05) is 30.3 Å². The summed E-state index contributed by atoms with van der Waals surface area (Å²) in [6, 6.07) is 17.3. The molecule has 150 valence electrons. The van der Waals surface area contributed by atoms with Crippen LogP contribution in [0.25, 0.3) is 22.1 Å². The van der Waals surface area contributed by atoms with Gasteiger partial charge in [0.15, 0.2) is 0 Å². The molecule has 0 amide bonds. The van der Waals surface area contributed by atoms with Gasteiger partial charge in [0.05, 0.1) is 17.6 Å². The third-order valence-electron chi connectivity index (χ3n) is 4.59. The molecule has 6 heteroatoms. The third kappa shape index (κ3) is 3.67. The number of aromatic nitrogens is 1. The number of ether oxygens (including phenoxy) is 2. The predicted molar refractivity (Wildman–Crippen MR) is 113 cm³/mol. The second-order valence-electron chi connectivity index (χ2n) is 6.57. The molecule has 0 atom stereocenters. The fourth-order valence-electron chi connectivity index (χ4n) is 3.25. The zero-order valence-corrected chi connectivity index (χ0v) is 16.5. The molecule has 0 bridgehead atoms. The van der Waals surface area contributed by atoms with Gasteiger partial charge < -0.3 is 13.9 Å². The van der Waals surface area contributed by atoms with E-state index < -0.39 is 5.97 Å². The highest BCUT2D eigenvalue weighted by molar-refractivity contribution is 5.94. The molecular weight excluding hydrogens is 382 g/mol. The summed E-state index contributed by atoms with van der Waals surface area (Å²) in [5, 5.41) is 0.413. The molecule has 30 heavy (non-hydrogen) atoms. The molecule has 4 aromatic rings. The molecule has 2 heterocycles. The molecule has 0 unspecified atom stereocenters. The first-order chi connectivity index (χ1) is 14.6. The van der Waals surface area contributed by atoms with E-state index in [1.54, 1.807) is 44.3 Å². The third-order valence-corrected chi connectivity index (χ3v) is 4.59. The number of hydrogen-bond acceptors (Lipinski definition) is 6. The molecule has 6 nitrogen and oxygen atoms in total. The van der Waals surface area contributed by atoms with E-state index in [1.165, 1.54) is 6.07 Å². The van der Waals surface area contributed by atoms with Gasteiger partial charge in [0.1, 0.15) is 22.7 Å². The summed E-state index contributed by atoms with van der Waals surface area (Å²) >= 11 is 0. The fourth-order valence-corrected chi connectivity index (χ4v) is 3.25. The number of carbonyl (C=O) groups is 1. The minimum atomic E-state index is -0.606. The Morgan fingerprint density at radius 2 is 1.87 bits per heavy atom. The van der Waals surface area contributed by atoms with Crippen molar-refractivity contribution in [1.29, 1.82) is 0 Å². The highest BCUT2D eigenvalue weighted by Crippen LogP contribution is 2.27. The number of carbonyl (C=O) groups excluding carboxylic acids is 1. The predicted octanol–water partition coefficient (Wildman–Crippen LogP) is 4.78. The Morgan fingerprint density at radius 3 is 2.63 bits per heavy atom. The fraction of sp³-hybridized carbons (Fsp3) is 0.125. The van der Waals surface area contributed by atoms with Crippen LogP contribution < -0.4 is 14.9 Å². The topological polar surface area (TPSA) is 78.6 Å². The largest absolute Gasteiger partial charge is 0.477 e. The van der Waals surface area contributed by atoms with Crippen molar-refractivity contribution in [1.82, 2.24) is 4.98 Å². The summed E-state index contributed by atoms with van der Waals surface area (Å²) in [5.74, 6) is 0.355. The first kappa shape index (κ1) is 19.4. The van der Waals surface area contributed by atoms with E-state index in [9.17, 15) is 9.59 Å². The Hall–Kier alpha value is -3.93. The zero-order chi connectivity index (χ0) is 21.1. The minimum Gasteiger partial charge on any atom is -0.477 e. The van der Waals surface area contributed by atoms with E-state index in [2.05, 4.69) is 4.98 Å². The number of aryl methyl sites for hydroxylation is 1. The van der Waals surface area contributed by atoms with E-state index in [0.29, 0.717) is 28.9 Å². The molecule has 0 saturated carbocycles. The van der Waals surface area contributed by atoms with Crippen LogP contribution in [0.2, 0.25) is 0 Å². The van der Waals surface area contributed by atoms with Crippen molar-refractivity contribution < 1.29 is 18.7 Å². The molecule has 0 N–H and O–H groups in total. The SMILES string of the molecule is CCOc1ncccc1C(=O)Oc1ccc2c(=O)c(-c3ccccc3)c(C)oc2c1. The molecule has 0 saturated heterocycles. The molecule has 4 rings (SSSR count). The van der Waals surface area contributed by atoms with E-state index in [4.69, 9.17) is 13.9 Å². The highest BCUT2D eigenvalue weighted by Gasteiger charge is 2.18. The van der Waals surface area contributed by atoms with Gasteiger partial charge in [-0.2, -0.15) is 0 Å². The lowest BCUT2D eigenvalue weighted by molar-refractivity contribution is 0.0729. The lowest BCUT2D eigenvalue weighted by Crippen LogP contribution is -2.12. The first-order valence-electron chi connectivity index (χ1n) is 9.51. The van der Waals surface area contributed by atoms with Gasteiger partial charge in [0.2, 0.25) is 11.3 Å². The van der Waals surface area contributed by atoms with Crippen LogP contribution in [0.5, 0.6) is 11.6 Å². The first-order valence-corrected chi connectivity index (χ1v) is 9.51. The average Bonchev–Trinajstić information content (AvgIpc) is 2.75. The summed E-state index contributed by atoms with van der Waals surface area (Å²) in [4.78, 5) is 29.7. The average molecular weight is 401 g/mol. The molecule has 2 aromatic heterocycles. The number of nitrogens with zero attached hydrogens (tertiary/aromatic N) is 1. The van der Waals surface area contributed by atoms with Crippen molar-refractivity contribution in [3.05, 3.63) is 88.4 Å². The zero-order valence-electron chi connectivity index (χ0n) is 16.5. The second kappa shape index (κ2) is 8.21. The molecule has 0 fully saturated rings. The summed E-state index contributed by atoms with van der Waals surface area (Å²) in [5.41, 5.74) is 1.74. The Bertz CT molecular complexity index is 1280. The van der Waals surface area contributed by atoms with Crippen molar-refractivity contribution in [2.24, 2.45) is 0 Å². The van der Waals surface area contributed by atoms with Crippen LogP contribution in [0.1, 0.15) is 23.0 Å². The van der Waals surface area contributed by atoms with Gasteiger partial charge in [-0.25, -0.2) is 9.78 Å². The number of benzene rings is 2. The van der Waals surface area contributed by atoms with Crippen molar-refractivity contribution in [2.75, 3.05) is 6.61 Å². The van der Waals surface area contributed by atoms with Crippen molar-refractivity contribution in [3.63, 3.8) is 0 Å². The monoisotopic (exact) mass is 401 g/mol. The van der Waals surface area contributed by atoms with E-state index in [0.717, 1.165) is 5.56 Å². The van der Waals surface area contributed by atoms with Gasteiger partial charge >= 0.3 is 5.97 Å². The van der Waals surface area contributed by atoms with Gasteiger partial charge in [0.25, 0.3) is 0 Å². The number of fused-ring (bicyclic) bond motifs is 1. The quantitative estimate of drug-likeness (QED) is 0.354. The maximum absolute atomic E-state index is 13.0. The van der Waals surface area contributed by atoms with Gasteiger partial charge in [-0.1, -0.05) is 30.3 Å². The Morgan fingerprint density at radius 1 is 1.07 bits per heavy atom. The summed E-state index contributed by atoms with van der Waals surface area (Å²) in [6.45, 7) is 3.93. The van der Waals surface area contributed by atoms with Crippen molar-refractivity contribution >= 4 is 16.9 Å². The molecule has 0 aliphatic heterocycles. The Balaban J connectivity index is 1.70. The summed E-state index contributed by atoms with van der Waals surface area (Å²) in [7, 11) is 0. The van der Waals surface area contributed by atoms with Crippen LogP contribution >= 0.6 is 0 Å². The molecule has 0 aliphatic rings. The van der Waals surface area contributed by atoms with Crippen LogP contribution in [0.15, 0.2) is 76.1 Å². The number of rotatable bonds is 5. The maximum atomic E-state index is 13.0. The molecule has 2 aromatic carbocycles. The Kier molecular flexibility index (Phi) is 5.30. The van der Waals surface area contributed by atoms with Gasteiger partial charge in [-0.3, -0.25) is 4.79 Å². The molecular formula is C24H19NO5. The van der Waals surface area contributed by atoms with E-state index >= 15 is 0 Å². The second-order valence-corrected chi connectivity index (χ2v) is 6.57. The minimum absolute atomic E-state index is 0.135. The van der Waals surface area contributed by atoms with Crippen LogP contribution in [0.3, 0.4) is 0 Å². The van der Waals surface area contributed by atoms with Crippen molar-refractivity contribution in [2.45, 2.75) is 13.8 Å². The maximum Gasteiger partial charge on any atom is 0.349 e. The van der Waals surface area contributed by atoms with Gasteiger partial charge in [-0.05, 0) is 43.7 Å². The smallest absolute Gasteiger partial charge is 0.349 e. The van der Waals surface area contributed by atoms with Gasteiger partial charge in [-0.15, -0.1) is 0 Å². The van der Waals surface area contributed by atoms with E-state index in [-0.39, 0.29) is 22.6 Å². The van der Waals surface area contributed by atoms with Crippen LogP contribution in [-0.2, 0) is 0 Å². The molecule has 0 aliphatic carbocycles. The normalized spacial score (nSPS) is 10.7. The summed E-state index contributed by atoms with van der Waals surface area (Å²) in [6.07, 6.45) is 1.54.